The van der Waals surface area contributed by atoms with Crippen molar-refractivity contribution >= 4 is 23.2 Å². The van der Waals surface area contributed by atoms with E-state index in [4.69, 9.17) is 27.6 Å². The summed E-state index contributed by atoms with van der Waals surface area (Å²) in [5.41, 5.74) is 0.770. The molecule has 0 unspecified atom stereocenters. The van der Waals surface area contributed by atoms with Gasteiger partial charge in [0.1, 0.15) is 0 Å². The first-order valence-electron chi connectivity index (χ1n) is 6.01. The van der Waals surface area contributed by atoms with Gasteiger partial charge in [-0.15, -0.1) is 0 Å². The average molecular weight is 299 g/mol. The molecule has 1 N–H and O–H groups in total. The molecule has 19 heavy (non-hydrogen) atoms. The highest BCUT2D eigenvalue weighted by Gasteiger charge is 2.14. The fraction of sp³-hybridized carbons (Fsp3) is 0.357. The molecule has 1 aromatic heterocycles. The van der Waals surface area contributed by atoms with Crippen molar-refractivity contribution in [2.45, 2.75) is 32.9 Å². The number of oxazole rings is 1. The molecule has 0 saturated heterocycles. The van der Waals surface area contributed by atoms with Crippen molar-refractivity contribution in [1.82, 2.24) is 10.3 Å². The Labute approximate surface area is 122 Å². The van der Waals surface area contributed by atoms with E-state index >= 15 is 0 Å². The van der Waals surface area contributed by atoms with Crippen LogP contribution in [0.5, 0.6) is 0 Å². The van der Waals surface area contributed by atoms with E-state index in [-0.39, 0.29) is 5.54 Å². The predicted octanol–water partition coefficient (Wildman–Crippen LogP) is 4.54. The Balaban J connectivity index is 2.19. The van der Waals surface area contributed by atoms with Crippen LogP contribution in [0.1, 0.15) is 26.7 Å². The molecule has 2 aromatic rings. The zero-order chi connectivity index (χ0) is 14.0. The van der Waals surface area contributed by atoms with Crippen molar-refractivity contribution in [1.29, 1.82) is 0 Å². The first-order valence-corrected chi connectivity index (χ1v) is 6.76. The van der Waals surface area contributed by atoms with Gasteiger partial charge in [-0.2, -0.15) is 0 Å². The Morgan fingerprint density at radius 2 is 2.00 bits per heavy atom. The second-order valence-corrected chi connectivity index (χ2v) is 6.11. The third-order valence-electron chi connectivity index (χ3n) is 2.54. The maximum absolute atomic E-state index is 6.15. The van der Waals surface area contributed by atoms with Gasteiger partial charge in [0.2, 0.25) is 5.89 Å². The second-order valence-electron chi connectivity index (χ2n) is 5.32. The molecule has 1 aromatic carbocycles. The van der Waals surface area contributed by atoms with Crippen LogP contribution < -0.4 is 5.32 Å². The second kappa shape index (κ2) is 5.53. The molecule has 0 atom stereocenters. The fourth-order valence-corrected chi connectivity index (χ4v) is 1.95. The number of halogens is 2. The number of benzene rings is 1. The van der Waals surface area contributed by atoms with E-state index < -0.39 is 0 Å². The summed E-state index contributed by atoms with van der Waals surface area (Å²) in [5, 5.41) is 4.30. The standard InChI is InChI=1S/C14H16Cl2N2O/c1-14(2,3)18-8-12-17-7-11(19-12)9-5-4-6-10(15)13(9)16/h4-7,18H,8H2,1-3H3. The first kappa shape index (κ1) is 14.4. The summed E-state index contributed by atoms with van der Waals surface area (Å²) in [6.07, 6.45) is 1.66. The smallest absolute Gasteiger partial charge is 0.208 e. The molecule has 0 aliphatic heterocycles. The van der Waals surface area contributed by atoms with E-state index in [0.29, 0.717) is 28.2 Å². The minimum atomic E-state index is 0.0162. The summed E-state index contributed by atoms with van der Waals surface area (Å²) in [5.74, 6) is 1.25. The summed E-state index contributed by atoms with van der Waals surface area (Å²) in [7, 11) is 0. The lowest BCUT2D eigenvalue weighted by Crippen LogP contribution is -2.35. The van der Waals surface area contributed by atoms with E-state index in [9.17, 15) is 0 Å². The minimum Gasteiger partial charge on any atom is -0.439 e. The molecule has 5 heteroatoms. The first-order chi connectivity index (χ1) is 8.87. The van der Waals surface area contributed by atoms with Gasteiger partial charge in [-0.1, -0.05) is 29.3 Å². The molecule has 0 aliphatic carbocycles. The van der Waals surface area contributed by atoms with E-state index in [1.165, 1.54) is 0 Å². The van der Waals surface area contributed by atoms with Crippen LogP contribution in [0, 0.1) is 0 Å². The van der Waals surface area contributed by atoms with Gasteiger partial charge < -0.3 is 9.73 Å². The number of hydrogen-bond acceptors (Lipinski definition) is 3. The van der Waals surface area contributed by atoms with Crippen LogP contribution in [0.4, 0.5) is 0 Å². The van der Waals surface area contributed by atoms with Crippen LogP contribution in [-0.4, -0.2) is 10.5 Å². The van der Waals surface area contributed by atoms with Gasteiger partial charge in [0, 0.05) is 11.1 Å². The Hall–Kier alpha value is -1.03. The highest BCUT2D eigenvalue weighted by atomic mass is 35.5. The largest absolute Gasteiger partial charge is 0.439 e. The summed E-state index contributed by atoms with van der Waals surface area (Å²) in [6.45, 7) is 6.84. The van der Waals surface area contributed by atoms with Gasteiger partial charge in [0.25, 0.3) is 0 Å². The molecule has 3 nitrogen and oxygen atoms in total. The molecule has 102 valence electrons. The lowest BCUT2D eigenvalue weighted by Gasteiger charge is -2.18. The summed E-state index contributed by atoms with van der Waals surface area (Å²) in [6, 6.07) is 5.43. The molecule has 0 spiro atoms. The Morgan fingerprint density at radius 3 is 2.68 bits per heavy atom. The van der Waals surface area contributed by atoms with Crippen molar-refractivity contribution in [2.75, 3.05) is 0 Å². The molecule has 0 bridgehead atoms. The molecule has 2 rings (SSSR count). The number of nitrogens with one attached hydrogen (secondary N) is 1. The summed E-state index contributed by atoms with van der Waals surface area (Å²) < 4.78 is 5.68. The van der Waals surface area contributed by atoms with Gasteiger partial charge in [-0.3, -0.25) is 0 Å². The molecular formula is C14H16Cl2N2O. The van der Waals surface area contributed by atoms with Gasteiger partial charge >= 0.3 is 0 Å². The van der Waals surface area contributed by atoms with Gasteiger partial charge in [-0.05, 0) is 32.9 Å². The van der Waals surface area contributed by atoms with Crippen molar-refractivity contribution < 1.29 is 4.42 Å². The van der Waals surface area contributed by atoms with Gasteiger partial charge in [0.05, 0.1) is 22.8 Å². The highest BCUT2D eigenvalue weighted by molar-refractivity contribution is 6.43. The van der Waals surface area contributed by atoms with Crippen LogP contribution in [0.3, 0.4) is 0 Å². The average Bonchev–Trinajstić information content (AvgIpc) is 2.78. The molecule has 0 fully saturated rings. The van der Waals surface area contributed by atoms with E-state index in [0.717, 1.165) is 5.56 Å². The van der Waals surface area contributed by atoms with Crippen LogP contribution in [0.25, 0.3) is 11.3 Å². The fourth-order valence-electron chi connectivity index (χ4n) is 1.55. The zero-order valence-electron chi connectivity index (χ0n) is 11.1. The lowest BCUT2D eigenvalue weighted by molar-refractivity contribution is 0.383. The van der Waals surface area contributed by atoms with E-state index in [1.54, 1.807) is 12.3 Å². The normalized spacial score (nSPS) is 11.8. The number of aromatic nitrogens is 1. The van der Waals surface area contributed by atoms with Crippen molar-refractivity contribution in [2.24, 2.45) is 0 Å². The number of rotatable bonds is 3. The van der Waals surface area contributed by atoms with E-state index in [2.05, 4.69) is 31.1 Å². The molecule has 0 aliphatic rings. The van der Waals surface area contributed by atoms with Gasteiger partial charge in [-0.25, -0.2) is 4.98 Å². The summed E-state index contributed by atoms with van der Waals surface area (Å²) >= 11 is 12.1. The lowest BCUT2D eigenvalue weighted by atomic mass is 10.1. The third kappa shape index (κ3) is 3.72. The molecule has 1 heterocycles. The quantitative estimate of drug-likeness (QED) is 0.904. The topological polar surface area (TPSA) is 38.1 Å². The van der Waals surface area contributed by atoms with Crippen LogP contribution >= 0.6 is 23.2 Å². The monoisotopic (exact) mass is 298 g/mol. The molecule has 0 saturated carbocycles. The zero-order valence-corrected chi connectivity index (χ0v) is 12.6. The Bertz CT molecular complexity index is 573. The maximum atomic E-state index is 6.15. The third-order valence-corrected chi connectivity index (χ3v) is 3.36. The molecular weight excluding hydrogens is 283 g/mol. The number of nitrogens with zero attached hydrogens (tertiary/aromatic N) is 1. The van der Waals surface area contributed by atoms with Crippen LogP contribution in [-0.2, 0) is 6.54 Å². The summed E-state index contributed by atoms with van der Waals surface area (Å²) in [4.78, 5) is 4.24. The molecule has 0 amide bonds. The molecule has 0 radical (unpaired) electrons. The van der Waals surface area contributed by atoms with Gasteiger partial charge in [0.15, 0.2) is 5.76 Å². The van der Waals surface area contributed by atoms with Crippen LogP contribution in [0.15, 0.2) is 28.8 Å². The maximum Gasteiger partial charge on any atom is 0.208 e. The highest BCUT2D eigenvalue weighted by Crippen LogP contribution is 2.33. The van der Waals surface area contributed by atoms with Crippen molar-refractivity contribution in [3.8, 4) is 11.3 Å². The predicted molar refractivity (Wildman–Crippen MR) is 78.6 cm³/mol. The van der Waals surface area contributed by atoms with Crippen molar-refractivity contribution in [3.05, 3.63) is 40.3 Å². The SMILES string of the molecule is CC(C)(C)NCc1ncc(-c2cccc(Cl)c2Cl)o1. The Kier molecular flexibility index (Phi) is 4.19. The van der Waals surface area contributed by atoms with Crippen molar-refractivity contribution in [3.63, 3.8) is 0 Å². The minimum absolute atomic E-state index is 0.0162. The number of hydrogen-bond donors (Lipinski definition) is 1. The van der Waals surface area contributed by atoms with E-state index in [1.807, 2.05) is 12.1 Å². The van der Waals surface area contributed by atoms with Crippen LogP contribution in [0.2, 0.25) is 10.0 Å². The Morgan fingerprint density at radius 1 is 1.26 bits per heavy atom.